The van der Waals surface area contributed by atoms with Crippen LogP contribution in [0.15, 0.2) is 23.4 Å². The number of carbonyl (C=O) groups excluding carboxylic acids is 1. The first-order valence-electron chi connectivity index (χ1n) is 5.11. The quantitative estimate of drug-likeness (QED) is 0.738. The molecule has 19 heavy (non-hydrogen) atoms. The van der Waals surface area contributed by atoms with Gasteiger partial charge < -0.3 is 11.1 Å². The Bertz CT molecular complexity index is 583. The number of rotatable bonds is 4. The average molecular weight is 285 g/mol. The predicted molar refractivity (Wildman–Crippen MR) is 66.5 cm³/mol. The molecule has 1 aromatic heterocycles. The van der Waals surface area contributed by atoms with Gasteiger partial charge in [-0.1, -0.05) is 17.8 Å². The molecule has 0 saturated heterocycles. The van der Waals surface area contributed by atoms with Crippen molar-refractivity contribution in [3.8, 4) is 0 Å². The van der Waals surface area contributed by atoms with E-state index in [1.54, 1.807) is 0 Å². The van der Waals surface area contributed by atoms with Crippen molar-refractivity contribution in [1.82, 2.24) is 15.2 Å². The number of nitrogens with one attached hydrogen (secondary N) is 2. The first kappa shape index (κ1) is 13.3. The van der Waals surface area contributed by atoms with Crippen LogP contribution in [0.1, 0.15) is 0 Å². The van der Waals surface area contributed by atoms with Gasteiger partial charge in [-0.25, -0.2) is 13.9 Å². The topological polar surface area (TPSA) is 96.7 Å². The largest absolute Gasteiger partial charge is 0.368 e. The molecule has 6 nitrogen and oxygen atoms in total. The van der Waals surface area contributed by atoms with Crippen LogP contribution in [-0.4, -0.2) is 26.8 Å². The van der Waals surface area contributed by atoms with Crippen molar-refractivity contribution in [2.45, 2.75) is 5.16 Å². The van der Waals surface area contributed by atoms with E-state index in [1.807, 2.05) is 0 Å². The standard InChI is InChI=1S/C10H9F2N5OS/c11-5-2-1-3-6(12)8(5)14-7(18)4-19-10-15-9(13)16-17-10/h1-3H,4H2,(H,14,18)(H3,13,15,16,17). The summed E-state index contributed by atoms with van der Waals surface area (Å²) in [5, 5.41) is 8.54. The molecule has 1 amide bonds. The van der Waals surface area contributed by atoms with E-state index in [-0.39, 0.29) is 16.9 Å². The van der Waals surface area contributed by atoms with Gasteiger partial charge in [-0.3, -0.25) is 4.79 Å². The highest BCUT2D eigenvalue weighted by Crippen LogP contribution is 2.19. The molecule has 2 aromatic rings. The zero-order valence-corrected chi connectivity index (χ0v) is 10.3. The van der Waals surface area contributed by atoms with E-state index < -0.39 is 23.2 Å². The molecule has 100 valence electrons. The Labute approximate surface area is 110 Å². The van der Waals surface area contributed by atoms with Gasteiger partial charge in [-0.2, -0.15) is 4.98 Å². The number of halogens is 2. The molecular formula is C10H9F2N5OS. The number of H-pyrrole nitrogens is 1. The van der Waals surface area contributed by atoms with Gasteiger partial charge in [0, 0.05) is 0 Å². The summed E-state index contributed by atoms with van der Waals surface area (Å²) in [6, 6.07) is 3.33. The van der Waals surface area contributed by atoms with Crippen LogP contribution in [0.5, 0.6) is 0 Å². The minimum absolute atomic E-state index is 0.0922. The lowest BCUT2D eigenvalue weighted by molar-refractivity contribution is -0.113. The predicted octanol–water partition coefficient (Wildman–Crippen LogP) is 1.40. The summed E-state index contributed by atoms with van der Waals surface area (Å²) in [7, 11) is 0. The molecule has 1 heterocycles. The second-order valence-electron chi connectivity index (χ2n) is 3.44. The van der Waals surface area contributed by atoms with Gasteiger partial charge in [-0.15, -0.1) is 5.10 Å². The summed E-state index contributed by atoms with van der Waals surface area (Å²) in [5.41, 5.74) is 4.84. The van der Waals surface area contributed by atoms with Crippen LogP contribution in [0, 0.1) is 11.6 Å². The van der Waals surface area contributed by atoms with Gasteiger partial charge >= 0.3 is 0 Å². The van der Waals surface area contributed by atoms with E-state index in [0.29, 0.717) is 0 Å². The number of amides is 1. The number of nitrogens with zero attached hydrogens (tertiary/aromatic N) is 2. The molecule has 0 aliphatic rings. The summed E-state index contributed by atoms with van der Waals surface area (Å²) < 4.78 is 26.5. The smallest absolute Gasteiger partial charge is 0.235 e. The van der Waals surface area contributed by atoms with Crippen LogP contribution in [0.4, 0.5) is 20.4 Å². The molecule has 0 saturated carbocycles. The number of anilines is 2. The molecule has 0 aliphatic carbocycles. The second-order valence-corrected chi connectivity index (χ2v) is 4.38. The van der Waals surface area contributed by atoms with Crippen LogP contribution in [0.3, 0.4) is 0 Å². The van der Waals surface area contributed by atoms with Crippen LogP contribution >= 0.6 is 11.8 Å². The Balaban J connectivity index is 1.94. The Morgan fingerprint density at radius 2 is 2.11 bits per heavy atom. The molecular weight excluding hydrogens is 276 g/mol. The van der Waals surface area contributed by atoms with Gasteiger partial charge in [-0.05, 0) is 12.1 Å². The SMILES string of the molecule is Nc1nc(SCC(=O)Nc2c(F)cccc2F)n[nH]1. The van der Waals surface area contributed by atoms with E-state index in [1.165, 1.54) is 6.07 Å². The number of hydrogen-bond acceptors (Lipinski definition) is 5. The Morgan fingerprint density at radius 1 is 1.42 bits per heavy atom. The highest BCUT2D eigenvalue weighted by molar-refractivity contribution is 7.99. The van der Waals surface area contributed by atoms with E-state index in [4.69, 9.17) is 5.73 Å². The zero-order valence-electron chi connectivity index (χ0n) is 9.48. The lowest BCUT2D eigenvalue weighted by Gasteiger charge is -2.06. The number of benzene rings is 1. The van der Waals surface area contributed by atoms with Crippen LogP contribution in [0.25, 0.3) is 0 Å². The number of aromatic amines is 1. The number of carbonyl (C=O) groups is 1. The minimum Gasteiger partial charge on any atom is -0.368 e. The van der Waals surface area contributed by atoms with Crippen molar-refractivity contribution in [3.63, 3.8) is 0 Å². The van der Waals surface area contributed by atoms with E-state index in [2.05, 4.69) is 20.5 Å². The van der Waals surface area contributed by atoms with Crippen molar-refractivity contribution in [2.24, 2.45) is 0 Å². The Kier molecular flexibility index (Phi) is 3.95. The lowest BCUT2D eigenvalue weighted by Crippen LogP contribution is -2.16. The molecule has 0 radical (unpaired) electrons. The maximum Gasteiger partial charge on any atom is 0.235 e. The number of nitrogens with two attached hydrogens (primary N) is 1. The molecule has 0 unspecified atom stereocenters. The fourth-order valence-corrected chi connectivity index (χ4v) is 1.85. The Morgan fingerprint density at radius 3 is 2.68 bits per heavy atom. The monoisotopic (exact) mass is 285 g/mol. The van der Waals surface area contributed by atoms with Gasteiger partial charge in [0.25, 0.3) is 0 Å². The van der Waals surface area contributed by atoms with Crippen molar-refractivity contribution >= 4 is 29.3 Å². The first-order chi connectivity index (χ1) is 9.06. The van der Waals surface area contributed by atoms with E-state index >= 15 is 0 Å². The normalized spacial score (nSPS) is 10.4. The van der Waals surface area contributed by atoms with Crippen LogP contribution in [0.2, 0.25) is 0 Å². The molecule has 1 aromatic carbocycles. The third-order valence-corrected chi connectivity index (χ3v) is 2.89. The zero-order chi connectivity index (χ0) is 13.8. The highest BCUT2D eigenvalue weighted by Gasteiger charge is 2.12. The third kappa shape index (κ3) is 3.41. The molecule has 0 aliphatic heterocycles. The van der Waals surface area contributed by atoms with Crippen molar-refractivity contribution in [1.29, 1.82) is 0 Å². The average Bonchev–Trinajstić information content (AvgIpc) is 2.77. The fraction of sp³-hybridized carbons (Fsp3) is 0.100. The summed E-state index contributed by atoms with van der Waals surface area (Å²) >= 11 is 0.990. The third-order valence-electron chi connectivity index (χ3n) is 2.04. The van der Waals surface area contributed by atoms with Crippen LogP contribution in [-0.2, 0) is 4.79 Å². The molecule has 0 atom stereocenters. The Hall–Kier alpha value is -2.16. The van der Waals surface area contributed by atoms with Crippen molar-refractivity contribution < 1.29 is 13.6 Å². The van der Waals surface area contributed by atoms with E-state index in [9.17, 15) is 13.6 Å². The number of thioether (sulfide) groups is 1. The fourth-order valence-electron chi connectivity index (χ4n) is 1.25. The summed E-state index contributed by atoms with van der Waals surface area (Å²) in [6.07, 6.45) is 0. The lowest BCUT2D eigenvalue weighted by atomic mass is 10.3. The number of aromatic nitrogens is 3. The maximum atomic E-state index is 13.3. The number of hydrogen-bond donors (Lipinski definition) is 3. The second kappa shape index (κ2) is 5.65. The summed E-state index contributed by atoms with van der Waals surface area (Å²) in [4.78, 5) is 15.3. The summed E-state index contributed by atoms with van der Waals surface area (Å²) in [6.45, 7) is 0. The maximum absolute atomic E-state index is 13.3. The molecule has 0 fully saturated rings. The number of nitrogen functional groups attached to an aromatic ring is 1. The van der Waals surface area contributed by atoms with Gasteiger partial charge in [0.15, 0.2) is 0 Å². The van der Waals surface area contributed by atoms with Gasteiger partial charge in [0.1, 0.15) is 17.3 Å². The molecule has 0 spiro atoms. The van der Waals surface area contributed by atoms with Crippen LogP contribution < -0.4 is 11.1 Å². The molecule has 9 heteroatoms. The summed E-state index contributed by atoms with van der Waals surface area (Å²) in [5.74, 6) is -2.20. The highest BCUT2D eigenvalue weighted by atomic mass is 32.2. The van der Waals surface area contributed by atoms with Gasteiger partial charge in [0.2, 0.25) is 17.0 Å². The molecule has 4 N–H and O–H groups in total. The first-order valence-corrected chi connectivity index (χ1v) is 6.09. The van der Waals surface area contributed by atoms with E-state index in [0.717, 1.165) is 23.9 Å². The molecule has 0 bridgehead atoms. The van der Waals surface area contributed by atoms with Crippen molar-refractivity contribution in [3.05, 3.63) is 29.8 Å². The van der Waals surface area contributed by atoms with Gasteiger partial charge in [0.05, 0.1) is 5.75 Å². The molecule has 2 rings (SSSR count). The van der Waals surface area contributed by atoms with Crippen molar-refractivity contribution in [2.75, 3.05) is 16.8 Å². The number of para-hydroxylation sites is 1. The minimum atomic E-state index is -0.833.